The van der Waals surface area contributed by atoms with Crippen LogP contribution in [0.15, 0.2) is 18.3 Å². The number of aromatic nitrogens is 1. The molecule has 0 spiro atoms. The predicted octanol–water partition coefficient (Wildman–Crippen LogP) is 0.00470. The number of primary amides is 1. The Morgan fingerprint density at radius 1 is 1.60 bits per heavy atom. The Hall–Kier alpha value is -1.17. The first-order chi connectivity index (χ1) is 7.02. The molecule has 1 heterocycles. The van der Waals surface area contributed by atoms with Crippen LogP contribution in [-0.2, 0) is 4.79 Å². The largest absolute Gasteiger partial charge is 0.389 e. The van der Waals surface area contributed by atoms with Crippen LogP contribution in [0, 0.1) is 0 Å². The second kappa shape index (κ2) is 5.06. The molecule has 0 aliphatic heterocycles. The molecule has 1 amide bonds. The van der Waals surface area contributed by atoms with Crippen molar-refractivity contribution in [2.24, 2.45) is 5.73 Å². The van der Waals surface area contributed by atoms with Crippen LogP contribution in [0.4, 0.5) is 0 Å². The van der Waals surface area contributed by atoms with Gasteiger partial charge in [-0.3, -0.25) is 9.78 Å². The topological polar surface area (TPSA) is 96.4 Å². The van der Waals surface area contributed by atoms with E-state index in [1.54, 1.807) is 6.07 Å². The van der Waals surface area contributed by atoms with Gasteiger partial charge in [-0.15, -0.1) is 0 Å². The summed E-state index contributed by atoms with van der Waals surface area (Å²) in [5.41, 5.74) is 5.02. The summed E-state index contributed by atoms with van der Waals surface area (Å²) in [6, 6.07) is 3.13. The van der Waals surface area contributed by atoms with E-state index in [9.17, 15) is 15.0 Å². The second-order valence-electron chi connectivity index (χ2n) is 3.05. The molecular weight excluding hydrogens is 220 g/mol. The van der Waals surface area contributed by atoms with Crippen LogP contribution in [0.5, 0.6) is 0 Å². The van der Waals surface area contributed by atoms with E-state index in [0.29, 0.717) is 0 Å². The molecule has 0 radical (unpaired) electrons. The lowest BCUT2D eigenvalue weighted by Gasteiger charge is -2.16. The summed E-state index contributed by atoms with van der Waals surface area (Å²) >= 11 is 5.75. The van der Waals surface area contributed by atoms with Crippen LogP contribution in [0.1, 0.15) is 18.2 Å². The minimum Gasteiger partial charge on any atom is -0.389 e. The molecule has 6 heteroatoms. The Bertz CT molecular complexity index is 359. The molecule has 0 fully saturated rings. The number of nitrogens with two attached hydrogens (primary N) is 1. The average molecular weight is 231 g/mol. The first-order valence-corrected chi connectivity index (χ1v) is 4.65. The number of hydrogen-bond donors (Lipinski definition) is 3. The summed E-state index contributed by atoms with van der Waals surface area (Å²) in [4.78, 5) is 14.3. The molecule has 4 N–H and O–H groups in total. The Labute approximate surface area is 91.5 Å². The molecule has 0 aliphatic rings. The molecule has 0 saturated carbocycles. The number of amides is 1. The van der Waals surface area contributed by atoms with Crippen LogP contribution in [0.2, 0.25) is 5.02 Å². The van der Waals surface area contributed by atoms with Gasteiger partial charge >= 0.3 is 0 Å². The molecule has 0 bridgehead atoms. The highest BCUT2D eigenvalue weighted by Crippen LogP contribution is 2.23. The van der Waals surface area contributed by atoms with Gasteiger partial charge in [0, 0.05) is 6.20 Å². The highest BCUT2D eigenvalue weighted by atomic mass is 35.5. The minimum atomic E-state index is -1.31. The molecule has 1 rings (SSSR count). The van der Waals surface area contributed by atoms with E-state index in [1.165, 1.54) is 12.3 Å². The maximum absolute atomic E-state index is 10.5. The third-order valence-corrected chi connectivity index (χ3v) is 2.16. The molecule has 1 aromatic heterocycles. The number of aliphatic hydroxyl groups is 2. The van der Waals surface area contributed by atoms with Crippen molar-refractivity contribution < 1.29 is 15.0 Å². The number of halogens is 1. The highest BCUT2D eigenvalue weighted by molar-refractivity contribution is 6.31. The Balaban J connectivity index is 2.80. The van der Waals surface area contributed by atoms with Gasteiger partial charge in [-0.05, 0) is 12.1 Å². The molecule has 2 atom stereocenters. The lowest BCUT2D eigenvalue weighted by atomic mass is 10.1. The van der Waals surface area contributed by atoms with Crippen LogP contribution < -0.4 is 5.73 Å². The van der Waals surface area contributed by atoms with Gasteiger partial charge in [0.25, 0.3) is 0 Å². The molecule has 5 nitrogen and oxygen atoms in total. The Kier molecular flexibility index (Phi) is 4.02. The lowest BCUT2D eigenvalue weighted by Crippen LogP contribution is -2.26. The normalized spacial score (nSPS) is 14.6. The summed E-state index contributed by atoms with van der Waals surface area (Å²) in [5.74, 6) is -0.700. The van der Waals surface area contributed by atoms with Crippen molar-refractivity contribution in [2.45, 2.75) is 18.6 Å². The fraction of sp³-hybridized carbons (Fsp3) is 0.333. The molecule has 0 aliphatic carbocycles. The molecular formula is C9H11ClN2O3. The average Bonchev–Trinajstić information content (AvgIpc) is 2.16. The maximum atomic E-state index is 10.5. The van der Waals surface area contributed by atoms with Crippen molar-refractivity contribution in [3.63, 3.8) is 0 Å². The van der Waals surface area contributed by atoms with E-state index >= 15 is 0 Å². The highest BCUT2D eigenvalue weighted by Gasteiger charge is 2.23. The predicted molar refractivity (Wildman–Crippen MR) is 54.0 cm³/mol. The fourth-order valence-electron chi connectivity index (χ4n) is 1.12. The smallest absolute Gasteiger partial charge is 0.220 e. The second-order valence-corrected chi connectivity index (χ2v) is 3.46. The summed E-state index contributed by atoms with van der Waals surface area (Å²) in [6.45, 7) is 0. The van der Waals surface area contributed by atoms with Crippen molar-refractivity contribution >= 4 is 17.5 Å². The number of rotatable bonds is 4. The summed E-state index contributed by atoms with van der Waals surface area (Å²) in [6.07, 6.45) is -1.52. The molecule has 0 aromatic carbocycles. The zero-order chi connectivity index (χ0) is 11.4. The van der Waals surface area contributed by atoms with E-state index in [0.717, 1.165) is 0 Å². The molecule has 2 unspecified atom stereocenters. The first-order valence-electron chi connectivity index (χ1n) is 4.27. The monoisotopic (exact) mass is 230 g/mol. The zero-order valence-corrected chi connectivity index (χ0v) is 8.55. The lowest BCUT2D eigenvalue weighted by molar-refractivity contribution is -0.121. The molecule has 0 saturated heterocycles. The number of carbonyl (C=O) groups is 1. The van der Waals surface area contributed by atoms with Gasteiger partial charge in [-0.25, -0.2) is 0 Å². The molecule has 15 heavy (non-hydrogen) atoms. The van der Waals surface area contributed by atoms with Crippen molar-refractivity contribution in [1.29, 1.82) is 0 Å². The van der Waals surface area contributed by atoms with E-state index in [-0.39, 0.29) is 17.1 Å². The summed E-state index contributed by atoms with van der Waals surface area (Å²) in [5, 5.41) is 19.3. The van der Waals surface area contributed by atoms with Crippen molar-refractivity contribution in [1.82, 2.24) is 4.98 Å². The summed E-state index contributed by atoms with van der Waals surface area (Å²) < 4.78 is 0. The number of hydrogen-bond acceptors (Lipinski definition) is 4. The van der Waals surface area contributed by atoms with Gasteiger partial charge in [0.1, 0.15) is 6.10 Å². The SMILES string of the molecule is NC(=O)CC(O)C(O)c1ncccc1Cl. The number of pyridine rings is 1. The molecule has 1 aromatic rings. The van der Waals surface area contributed by atoms with E-state index in [2.05, 4.69) is 4.98 Å². The number of aliphatic hydroxyl groups excluding tert-OH is 2. The quantitative estimate of drug-likeness (QED) is 0.679. The van der Waals surface area contributed by atoms with Crippen molar-refractivity contribution in [2.75, 3.05) is 0 Å². The van der Waals surface area contributed by atoms with Crippen LogP contribution in [0.3, 0.4) is 0 Å². The third kappa shape index (κ3) is 3.16. The van der Waals surface area contributed by atoms with Gasteiger partial charge in [-0.2, -0.15) is 0 Å². The van der Waals surface area contributed by atoms with Gasteiger partial charge in [-0.1, -0.05) is 11.6 Å². The van der Waals surface area contributed by atoms with E-state index < -0.39 is 18.1 Å². The van der Waals surface area contributed by atoms with Crippen molar-refractivity contribution in [3.8, 4) is 0 Å². The fourth-order valence-corrected chi connectivity index (χ4v) is 1.35. The van der Waals surface area contributed by atoms with Gasteiger partial charge < -0.3 is 15.9 Å². The van der Waals surface area contributed by atoms with Crippen LogP contribution in [0.25, 0.3) is 0 Å². The summed E-state index contributed by atoms with van der Waals surface area (Å²) in [7, 11) is 0. The number of carbonyl (C=O) groups excluding carboxylic acids is 1. The Morgan fingerprint density at radius 3 is 2.80 bits per heavy atom. The first kappa shape index (κ1) is 11.9. The number of nitrogens with zero attached hydrogens (tertiary/aromatic N) is 1. The minimum absolute atomic E-state index is 0.132. The Morgan fingerprint density at radius 2 is 2.27 bits per heavy atom. The maximum Gasteiger partial charge on any atom is 0.220 e. The van der Waals surface area contributed by atoms with E-state index in [4.69, 9.17) is 17.3 Å². The third-order valence-electron chi connectivity index (χ3n) is 1.84. The van der Waals surface area contributed by atoms with Crippen LogP contribution >= 0.6 is 11.6 Å². The van der Waals surface area contributed by atoms with Crippen LogP contribution in [-0.4, -0.2) is 27.2 Å². The van der Waals surface area contributed by atoms with Crippen molar-refractivity contribution in [3.05, 3.63) is 29.0 Å². The molecule has 82 valence electrons. The van der Waals surface area contributed by atoms with E-state index in [1.807, 2.05) is 0 Å². The van der Waals surface area contributed by atoms with Gasteiger partial charge in [0.2, 0.25) is 5.91 Å². The standard InChI is InChI=1S/C9H11ClN2O3/c10-5-2-1-3-12-8(5)9(15)6(13)4-7(11)14/h1-3,6,9,13,15H,4H2,(H2,11,14). The van der Waals surface area contributed by atoms with Gasteiger partial charge in [0.05, 0.1) is 23.2 Å². The van der Waals surface area contributed by atoms with Gasteiger partial charge in [0.15, 0.2) is 0 Å². The zero-order valence-electron chi connectivity index (χ0n) is 7.80.